The van der Waals surface area contributed by atoms with Gasteiger partial charge in [-0.1, -0.05) is 19.0 Å². The normalized spacial score (nSPS) is 28.2. The van der Waals surface area contributed by atoms with Crippen LogP contribution in [0.2, 0.25) is 0 Å². The second-order valence-corrected chi connectivity index (χ2v) is 4.06. The van der Waals surface area contributed by atoms with Gasteiger partial charge in [-0.2, -0.15) is 4.98 Å². The monoisotopic (exact) mass is 211 g/mol. The number of nitrogens with zero attached hydrogens (tertiary/aromatic N) is 2. The Labute approximate surface area is 89.0 Å². The highest BCUT2D eigenvalue weighted by Gasteiger charge is 2.31. The molecule has 1 saturated heterocycles. The summed E-state index contributed by atoms with van der Waals surface area (Å²) in [6.07, 6.45) is 1.80. The van der Waals surface area contributed by atoms with Gasteiger partial charge in [-0.15, -0.1) is 0 Å². The van der Waals surface area contributed by atoms with Gasteiger partial charge in [0.05, 0.1) is 6.04 Å². The minimum Gasteiger partial charge on any atom is -0.368 e. The van der Waals surface area contributed by atoms with Crippen molar-refractivity contribution in [2.45, 2.75) is 38.8 Å². The molecule has 0 saturated carbocycles. The molecule has 3 unspecified atom stereocenters. The highest BCUT2D eigenvalue weighted by atomic mass is 16.5. The summed E-state index contributed by atoms with van der Waals surface area (Å²) in [6.45, 7) is 4.89. The minimum absolute atomic E-state index is 0.0460. The summed E-state index contributed by atoms with van der Waals surface area (Å²) in [6, 6.07) is -0.140. The molecule has 5 heteroatoms. The van der Waals surface area contributed by atoms with Crippen molar-refractivity contribution in [3.63, 3.8) is 0 Å². The fourth-order valence-electron chi connectivity index (χ4n) is 1.71. The third kappa shape index (κ3) is 2.03. The van der Waals surface area contributed by atoms with Crippen molar-refractivity contribution in [2.24, 2.45) is 11.7 Å². The van der Waals surface area contributed by atoms with Crippen LogP contribution >= 0.6 is 0 Å². The molecule has 2 rings (SSSR count). The van der Waals surface area contributed by atoms with Crippen molar-refractivity contribution in [1.29, 1.82) is 0 Å². The van der Waals surface area contributed by atoms with Gasteiger partial charge in [0.15, 0.2) is 5.82 Å². The van der Waals surface area contributed by atoms with E-state index in [0.717, 1.165) is 19.4 Å². The van der Waals surface area contributed by atoms with E-state index >= 15 is 0 Å². The molecule has 15 heavy (non-hydrogen) atoms. The van der Waals surface area contributed by atoms with Crippen LogP contribution in [0.1, 0.15) is 50.6 Å². The predicted octanol–water partition coefficient (Wildman–Crippen LogP) is 1.58. The van der Waals surface area contributed by atoms with Crippen molar-refractivity contribution in [1.82, 2.24) is 10.1 Å². The maximum atomic E-state index is 5.82. The summed E-state index contributed by atoms with van der Waals surface area (Å²) in [7, 11) is 0. The molecule has 2 heterocycles. The van der Waals surface area contributed by atoms with Gasteiger partial charge in [0.2, 0.25) is 0 Å². The smallest absolute Gasteiger partial charge is 0.256 e. The zero-order valence-corrected chi connectivity index (χ0v) is 9.14. The van der Waals surface area contributed by atoms with Crippen LogP contribution in [0.15, 0.2) is 4.52 Å². The summed E-state index contributed by atoms with van der Waals surface area (Å²) < 4.78 is 10.7. The lowest BCUT2D eigenvalue weighted by Gasteiger charge is -2.08. The number of rotatable bonds is 3. The van der Waals surface area contributed by atoms with Crippen LogP contribution in [-0.2, 0) is 4.74 Å². The Balaban J connectivity index is 2.12. The summed E-state index contributed by atoms with van der Waals surface area (Å²) in [5.74, 6) is 1.59. The van der Waals surface area contributed by atoms with Gasteiger partial charge in [0.1, 0.15) is 6.10 Å². The molecule has 0 radical (unpaired) electrons. The summed E-state index contributed by atoms with van der Waals surface area (Å²) in [4.78, 5) is 4.29. The first-order valence-corrected chi connectivity index (χ1v) is 5.43. The van der Waals surface area contributed by atoms with Crippen molar-refractivity contribution in [2.75, 3.05) is 6.61 Å². The molecule has 84 valence electrons. The van der Waals surface area contributed by atoms with E-state index in [2.05, 4.69) is 17.1 Å². The predicted molar refractivity (Wildman–Crippen MR) is 54.0 cm³/mol. The third-order valence-electron chi connectivity index (χ3n) is 2.86. The van der Waals surface area contributed by atoms with E-state index in [1.54, 1.807) is 0 Å². The lowest BCUT2D eigenvalue weighted by Crippen LogP contribution is -2.11. The fraction of sp³-hybridized carbons (Fsp3) is 0.800. The largest absolute Gasteiger partial charge is 0.368 e. The minimum atomic E-state index is -0.140. The standard InChI is InChI=1S/C10H17N3O2/c1-3-7(11)9-12-10(15-13-9)8-6(2)4-5-14-8/h6-8H,3-5,11H2,1-2H3. The Morgan fingerprint density at radius 2 is 2.40 bits per heavy atom. The van der Waals surface area contributed by atoms with Gasteiger partial charge >= 0.3 is 0 Å². The molecular formula is C10H17N3O2. The van der Waals surface area contributed by atoms with Crippen LogP contribution in [0.25, 0.3) is 0 Å². The second kappa shape index (κ2) is 4.28. The van der Waals surface area contributed by atoms with Crippen LogP contribution in [-0.4, -0.2) is 16.7 Å². The summed E-state index contributed by atoms with van der Waals surface area (Å²) in [5, 5.41) is 3.87. The molecule has 1 aliphatic rings. The lowest BCUT2D eigenvalue weighted by molar-refractivity contribution is 0.0661. The lowest BCUT2D eigenvalue weighted by atomic mass is 10.0. The zero-order valence-electron chi connectivity index (χ0n) is 9.14. The Bertz CT molecular complexity index is 326. The molecule has 3 atom stereocenters. The first-order chi connectivity index (χ1) is 7.22. The SMILES string of the molecule is CCC(N)c1noc(C2OCCC2C)n1. The summed E-state index contributed by atoms with van der Waals surface area (Å²) >= 11 is 0. The number of hydrogen-bond donors (Lipinski definition) is 1. The van der Waals surface area contributed by atoms with E-state index in [0.29, 0.717) is 17.6 Å². The average Bonchev–Trinajstić information content (AvgIpc) is 2.84. The Kier molecular flexibility index (Phi) is 3.02. The van der Waals surface area contributed by atoms with E-state index in [1.165, 1.54) is 0 Å². The van der Waals surface area contributed by atoms with Crippen molar-refractivity contribution in [3.05, 3.63) is 11.7 Å². The molecule has 1 fully saturated rings. The maximum Gasteiger partial charge on any atom is 0.256 e. The topological polar surface area (TPSA) is 74.2 Å². The first kappa shape index (κ1) is 10.6. The Morgan fingerprint density at radius 1 is 1.60 bits per heavy atom. The second-order valence-electron chi connectivity index (χ2n) is 4.06. The quantitative estimate of drug-likeness (QED) is 0.821. The van der Waals surface area contributed by atoms with Crippen molar-refractivity contribution < 1.29 is 9.26 Å². The Morgan fingerprint density at radius 3 is 3.00 bits per heavy atom. The van der Waals surface area contributed by atoms with Crippen LogP contribution in [0, 0.1) is 5.92 Å². The van der Waals surface area contributed by atoms with E-state index in [-0.39, 0.29) is 12.1 Å². The molecule has 0 aliphatic carbocycles. The van der Waals surface area contributed by atoms with Crippen LogP contribution in [0.5, 0.6) is 0 Å². The molecule has 1 aliphatic heterocycles. The highest BCUT2D eigenvalue weighted by Crippen LogP contribution is 2.33. The maximum absolute atomic E-state index is 5.82. The molecule has 0 bridgehead atoms. The van der Waals surface area contributed by atoms with Gasteiger partial charge in [0, 0.05) is 6.61 Å². The number of ether oxygens (including phenoxy) is 1. The van der Waals surface area contributed by atoms with Gasteiger partial charge in [-0.3, -0.25) is 0 Å². The van der Waals surface area contributed by atoms with E-state index in [4.69, 9.17) is 15.0 Å². The van der Waals surface area contributed by atoms with E-state index in [9.17, 15) is 0 Å². The number of hydrogen-bond acceptors (Lipinski definition) is 5. The third-order valence-corrected chi connectivity index (χ3v) is 2.86. The molecule has 5 nitrogen and oxygen atoms in total. The number of aromatic nitrogens is 2. The fourth-order valence-corrected chi connectivity index (χ4v) is 1.71. The van der Waals surface area contributed by atoms with E-state index < -0.39 is 0 Å². The molecule has 2 N–H and O–H groups in total. The zero-order chi connectivity index (χ0) is 10.8. The molecule has 0 amide bonds. The van der Waals surface area contributed by atoms with Gasteiger partial charge in [-0.25, -0.2) is 0 Å². The number of nitrogens with two attached hydrogens (primary N) is 1. The van der Waals surface area contributed by atoms with Crippen molar-refractivity contribution in [3.8, 4) is 0 Å². The molecular weight excluding hydrogens is 194 g/mol. The Hall–Kier alpha value is -0.940. The average molecular weight is 211 g/mol. The summed E-state index contributed by atoms with van der Waals surface area (Å²) in [5.41, 5.74) is 5.82. The van der Waals surface area contributed by atoms with Gasteiger partial charge in [-0.05, 0) is 18.8 Å². The van der Waals surface area contributed by atoms with Crippen molar-refractivity contribution >= 4 is 0 Å². The highest BCUT2D eigenvalue weighted by molar-refractivity contribution is 4.97. The van der Waals surface area contributed by atoms with Crippen LogP contribution in [0.4, 0.5) is 0 Å². The van der Waals surface area contributed by atoms with Crippen LogP contribution < -0.4 is 5.73 Å². The van der Waals surface area contributed by atoms with E-state index in [1.807, 2.05) is 6.92 Å². The molecule has 1 aromatic rings. The van der Waals surface area contributed by atoms with Crippen LogP contribution in [0.3, 0.4) is 0 Å². The molecule has 0 aromatic carbocycles. The molecule has 1 aromatic heterocycles. The first-order valence-electron chi connectivity index (χ1n) is 5.43. The van der Waals surface area contributed by atoms with Gasteiger partial charge < -0.3 is 15.0 Å². The molecule has 0 spiro atoms. The van der Waals surface area contributed by atoms with Gasteiger partial charge in [0.25, 0.3) is 5.89 Å².